The van der Waals surface area contributed by atoms with E-state index in [1.54, 1.807) is 0 Å². The van der Waals surface area contributed by atoms with E-state index in [1.807, 2.05) is 0 Å². The molecule has 78 valence electrons. The summed E-state index contributed by atoms with van der Waals surface area (Å²) in [6.07, 6.45) is 0. The minimum absolute atomic E-state index is 0.339. The van der Waals surface area contributed by atoms with Crippen LogP contribution in [0, 0.1) is 20.2 Å². The van der Waals surface area contributed by atoms with Gasteiger partial charge in [0.2, 0.25) is 4.69 Å². The Morgan fingerprint density at radius 2 is 1.80 bits per heavy atom. The molecule has 1 aromatic carbocycles. The Morgan fingerprint density at radius 3 is 2.20 bits per heavy atom. The van der Waals surface area contributed by atoms with Gasteiger partial charge in [0.25, 0.3) is 0 Å². The lowest BCUT2D eigenvalue weighted by Gasteiger charge is -1.98. The molecule has 7 nitrogen and oxygen atoms in total. The van der Waals surface area contributed by atoms with Gasteiger partial charge < -0.3 is 0 Å². The molecule has 1 rings (SSSR count). The third-order valence-electron chi connectivity index (χ3n) is 1.61. The van der Waals surface area contributed by atoms with Gasteiger partial charge in [-0.25, -0.2) is 0 Å². The second-order valence-electron chi connectivity index (χ2n) is 2.46. The fourth-order valence-corrected chi connectivity index (χ4v) is 1.35. The van der Waals surface area contributed by atoms with Gasteiger partial charge in [0.1, 0.15) is 5.56 Å². The molecule has 0 N–H and O–H groups in total. The molecule has 0 bridgehead atoms. The third kappa shape index (κ3) is 2.15. The van der Waals surface area contributed by atoms with Crippen molar-refractivity contribution in [2.75, 3.05) is 0 Å². The van der Waals surface area contributed by atoms with E-state index in [-0.39, 0.29) is 5.56 Å². The number of halogens is 1. The number of nitro groups is 2. The maximum absolute atomic E-state index is 10.9. The summed E-state index contributed by atoms with van der Waals surface area (Å²) in [5.74, 6) is 0. The van der Waals surface area contributed by atoms with Gasteiger partial charge in [-0.1, -0.05) is 6.07 Å². The van der Waals surface area contributed by atoms with E-state index in [2.05, 4.69) is 15.9 Å². The Morgan fingerprint density at radius 1 is 1.20 bits per heavy atom. The zero-order valence-electron chi connectivity index (χ0n) is 7.05. The van der Waals surface area contributed by atoms with Crippen molar-refractivity contribution in [1.82, 2.24) is 0 Å². The van der Waals surface area contributed by atoms with Crippen molar-refractivity contribution in [2.24, 2.45) is 0 Å². The Kier molecular flexibility index (Phi) is 3.10. The largest absolute Gasteiger partial charge is 0.357 e. The first-order valence-electron chi connectivity index (χ1n) is 3.56. The summed E-state index contributed by atoms with van der Waals surface area (Å²) in [5, 5.41) is 21.1. The molecule has 0 unspecified atom stereocenters. The highest BCUT2D eigenvalue weighted by molar-refractivity contribution is 9.18. The highest BCUT2D eigenvalue weighted by atomic mass is 79.9. The van der Waals surface area contributed by atoms with Gasteiger partial charge >= 0.3 is 11.4 Å². The summed E-state index contributed by atoms with van der Waals surface area (Å²) >= 11 is 2.52. The molecule has 0 heterocycles. The molecule has 1 aromatic rings. The standard InChI is InChI=1S/C7H3BrN2O5/c8-7(11)4-2-1-3-5(9(12)13)6(4)10(14)15/h1-3H. The highest BCUT2D eigenvalue weighted by Gasteiger charge is 2.30. The lowest BCUT2D eigenvalue weighted by atomic mass is 10.1. The van der Waals surface area contributed by atoms with Crippen LogP contribution in [0.4, 0.5) is 11.4 Å². The van der Waals surface area contributed by atoms with Crippen LogP contribution in [0.5, 0.6) is 0 Å². The van der Waals surface area contributed by atoms with Gasteiger partial charge in [-0.15, -0.1) is 0 Å². The van der Waals surface area contributed by atoms with Crippen molar-refractivity contribution in [3.63, 3.8) is 0 Å². The van der Waals surface area contributed by atoms with Crippen molar-refractivity contribution in [1.29, 1.82) is 0 Å². The normalized spacial score (nSPS) is 9.67. The van der Waals surface area contributed by atoms with Gasteiger partial charge in [-0.3, -0.25) is 25.0 Å². The average Bonchev–Trinajstić information content (AvgIpc) is 2.16. The van der Waals surface area contributed by atoms with Gasteiger partial charge in [-0.2, -0.15) is 0 Å². The molecule has 0 saturated heterocycles. The molecular formula is C7H3BrN2O5. The summed E-state index contributed by atoms with van der Waals surface area (Å²) in [5.41, 5.74) is -1.84. The SMILES string of the molecule is O=C(Br)c1cccc([N+](=O)[O-])c1[N+](=O)[O-]. The molecule has 0 amide bonds. The van der Waals surface area contributed by atoms with Crippen molar-refractivity contribution >= 4 is 32.0 Å². The summed E-state index contributed by atoms with van der Waals surface area (Å²) in [6.45, 7) is 0. The monoisotopic (exact) mass is 274 g/mol. The maximum atomic E-state index is 10.9. The molecule has 0 saturated carbocycles. The number of para-hydroxylation sites is 1. The van der Waals surface area contributed by atoms with Crippen LogP contribution in [0.2, 0.25) is 0 Å². The van der Waals surface area contributed by atoms with Crippen LogP contribution in [0.1, 0.15) is 10.4 Å². The molecule has 0 atom stereocenters. The predicted octanol–water partition coefficient (Wildman–Crippen LogP) is 2.04. The molecule has 15 heavy (non-hydrogen) atoms. The first-order chi connectivity index (χ1) is 6.95. The lowest BCUT2D eigenvalue weighted by Crippen LogP contribution is -2.02. The Balaban J connectivity index is 3.56. The summed E-state index contributed by atoms with van der Waals surface area (Å²) in [4.78, 5) is 30.1. The van der Waals surface area contributed by atoms with E-state index in [0.29, 0.717) is 0 Å². The lowest BCUT2D eigenvalue weighted by molar-refractivity contribution is -0.422. The molecule has 0 aliphatic carbocycles. The van der Waals surface area contributed by atoms with Crippen LogP contribution < -0.4 is 0 Å². The minimum Gasteiger partial charge on any atom is -0.281 e. The summed E-state index contributed by atoms with van der Waals surface area (Å²) < 4.78 is -0.766. The first-order valence-corrected chi connectivity index (χ1v) is 4.36. The average molecular weight is 275 g/mol. The Bertz CT molecular complexity index is 426. The third-order valence-corrected chi connectivity index (χ3v) is 2.03. The van der Waals surface area contributed by atoms with Gasteiger partial charge in [0.15, 0.2) is 0 Å². The summed E-state index contributed by atoms with van der Waals surface area (Å²) in [6, 6.07) is 3.32. The highest BCUT2D eigenvalue weighted by Crippen LogP contribution is 2.31. The number of carbonyl (C=O) groups excluding carboxylic acids is 1. The van der Waals surface area contributed by atoms with E-state index in [9.17, 15) is 25.0 Å². The van der Waals surface area contributed by atoms with Crippen LogP contribution in [0.25, 0.3) is 0 Å². The fraction of sp³-hybridized carbons (Fsp3) is 0. The van der Waals surface area contributed by atoms with E-state index in [0.717, 1.165) is 12.1 Å². The maximum Gasteiger partial charge on any atom is 0.357 e. The molecule has 0 radical (unpaired) electrons. The molecule has 8 heteroatoms. The summed E-state index contributed by atoms with van der Waals surface area (Å²) in [7, 11) is 0. The predicted molar refractivity (Wildman–Crippen MR) is 53.0 cm³/mol. The van der Waals surface area contributed by atoms with Crippen LogP contribution >= 0.6 is 15.9 Å². The number of nitro benzene ring substituents is 2. The number of rotatable bonds is 3. The second-order valence-corrected chi connectivity index (χ2v) is 3.18. The molecular weight excluding hydrogens is 272 g/mol. The van der Waals surface area contributed by atoms with Crippen molar-refractivity contribution < 1.29 is 14.6 Å². The zero-order chi connectivity index (χ0) is 11.6. The van der Waals surface area contributed by atoms with Gasteiger partial charge in [-0.05, 0) is 22.0 Å². The van der Waals surface area contributed by atoms with Crippen molar-refractivity contribution in [3.05, 3.63) is 44.0 Å². The second kappa shape index (κ2) is 4.13. The topological polar surface area (TPSA) is 103 Å². The van der Waals surface area contributed by atoms with E-state index in [4.69, 9.17) is 0 Å². The number of hydrogen-bond donors (Lipinski definition) is 0. The van der Waals surface area contributed by atoms with Crippen LogP contribution in [0.15, 0.2) is 18.2 Å². The van der Waals surface area contributed by atoms with Crippen molar-refractivity contribution in [2.45, 2.75) is 0 Å². The van der Waals surface area contributed by atoms with Gasteiger partial charge in [0.05, 0.1) is 9.85 Å². The smallest absolute Gasteiger partial charge is 0.281 e. The quantitative estimate of drug-likeness (QED) is 0.477. The van der Waals surface area contributed by atoms with E-state index >= 15 is 0 Å². The molecule has 0 aromatic heterocycles. The molecule has 0 aliphatic heterocycles. The van der Waals surface area contributed by atoms with Crippen molar-refractivity contribution in [3.8, 4) is 0 Å². The molecule has 0 spiro atoms. The number of hydrogen-bond acceptors (Lipinski definition) is 5. The molecule has 0 fully saturated rings. The fourth-order valence-electron chi connectivity index (χ4n) is 1.03. The van der Waals surface area contributed by atoms with E-state index < -0.39 is 25.9 Å². The first kappa shape index (κ1) is 11.2. The number of nitrogens with zero attached hydrogens (tertiary/aromatic N) is 2. The van der Waals surface area contributed by atoms with Crippen LogP contribution in [-0.2, 0) is 0 Å². The van der Waals surface area contributed by atoms with Crippen LogP contribution in [0.3, 0.4) is 0 Å². The zero-order valence-corrected chi connectivity index (χ0v) is 8.63. The van der Waals surface area contributed by atoms with Gasteiger partial charge in [0, 0.05) is 6.07 Å². The van der Waals surface area contributed by atoms with E-state index in [1.165, 1.54) is 6.07 Å². The Hall–Kier alpha value is -1.83. The minimum atomic E-state index is -0.952. The Labute approximate surface area is 91.1 Å². The number of benzene rings is 1. The van der Waals surface area contributed by atoms with Crippen LogP contribution in [-0.4, -0.2) is 14.5 Å². The molecule has 0 aliphatic rings. The number of carbonyl (C=O) groups is 1.